The van der Waals surface area contributed by atoms with Gasteiger partial charge in [0.1, 0.15) is 0 Å². The molecular formula is C18H27N2O3P. The summed E-state index contributed by atoms with van der Waals surface area (Å²) in [6, 6.07) is 8.37. The number of hydrogen-bond acceptors (Lipinski definition) is 4. The Morgan fingerprint density at radius 2 is 1.92 bits per heavy atom. The highest BCUT2D eigenvalue weighted by Gasteiger charge is 2.23. The number of hydrogen-bond donors (Lipinski definition) is 1. The average Bonchev–Trinajstić information content (AvgIpc) is 2.89. The molecular weight excluding hydrogens is 323 g/mol. The number of rotatable bonds is 9. The molecule has 0 amide bonds. The fourth-order valence-corrected chi connectivity index (χ4v) is 4.21. The van der Waals surface area contributed by atoms with E-state index in [1.165, 1.54) is 0 Å². The number of benzene rings is 1. The van der Waals surface area contributed by atoms with Gasteiger partial charge in [-0.1, -0.05) is 18.2 Å². The Hall–Kier alpha value is -1.26. The maximum Gasteiger partial charge on any atom is 0.256 e. The van der Waals surface area contributed by atoms with E-state index in [0.717, 1.165) is 30.2 Å². The van der Waals surface area contributed by atoms with Crippen LogP contribution in [0.3, 0.4) is 0 Å². The molecule has 1 atom stereocenters. The number of carbonyl (C=O) groups excluding carboxylic acids is 1. The van der Waals surface area contributed by atoms with Crippen molar-refractivity contribution in [2.24, 2.45) is 0 Å². The van der Waals surface area contributed by atoms with Gasteiger partial charge in [-0.2, -0.15) is 0 Å². The third kappa shape index (κ3) is 4.42. The third-order valence-corrected chi connectivity index (χ3v) is 5.68. The van der Waals surface area contributed by atoms with E-state index in [9.17, 15) is 9.69 Å². The smallest absolute Gasteiger partial charge is 0.256 e. The van der Waals surface area contributed by atoms with Gasteiger partial charge >= 0.3 is 0 Å². The van der Waals surface area contributed by atoms with Gasteiger partial charge in [0.05, 0.1) is 6.61 Å². The molecule has 1 aromatic heterocycles. The Balaban J connectivity index is 1.92. The number of para-hydroxylation sites is 1. The summed E-state index contributed by atoms with van der Waals surface area (Å²) in [7, 11) is -1.57. The van der Waals surface area contributed by atoms with Crippen LogP contribution in [0.25, 0.3) is 10.9 Å². The van der Waals surface area contributed by atoms with Gasteiger partial charge in [0, 0.05) is 41.3 Å². The van der Waals surface area contributed by atoms with Gasteiger partial charge in [-0.25, -0.2) is 4.67 Å². The molecule has 0 bridgehead atoms. The lowest BCUT2D eigenvalue weighted by molar-refractivity contribution is 0.112. The SMILES string of the molecule is CC(C)N(C(C)C)P(O)OCCCn1cc(C=O)c2ccccc21. The van der Waals surface area contributed by atoms with E-state index in [1.807, 2.05) is 35.1 Å². The maximum absolute atomic E-state index is 11.2. The molecule has 1 N–H and O–H groups in total. The van der Waals surface area contributed by atoms with Crippen molar-refractivity contribution < 1.29 is 14.2 Å². The summed E-state index contributed by atoms with van der Waals surface area (Å²) in [5, 5.41) is 0.976. The highest BCUT2D eigenvalue weighted by Crippen LogP contribution is 2.40. The summed E-state index contributed by atoms with van der Waals surface area (Å²) in [6.45, 7) is 9.47. The van der Waals surface area contributed by atoms with Crippen molar-refractivity contribution in [3.8, 4) is 0 Å². The number of nitrogens with zero attached hydrogens (tertiary/aromatic N) is 2. The molecule has 0 spiro atoms. The molecule has 1 heterocycles. The van der Waals surface area contributed by atoms with Crippen molar-refractivity contribution in [3.63, 3.8) is 0 Å². The molecule has 6 heteroatoms. The molecule has 0 radical (unpaired) electrons. The minimum absolute atomic E-state index is 0.240. The molecule has 0 fully saturated rings. The average molecular weight is 350 g/mol. The molecule has 5 nitrogen and oxygen atoms in total. The van der Waals surface area contributed by atoms with Crippen molar-refractivity contribution >= 4 is 25.7 Å². The van der Waals surface area contributed by atoms with Crippen LogP contribution in [0.5, 0.6) is 0 Å². The molecule has 1 unspecified atom stereocenters. The van der Waals surface area contributed by atoms with E-state index in [0.29, 0.717) is 12.2 Å². The van der Waals surface area contributed by atoms with Crippen LogP contribution in [0.2, 0.25) is 0 Å². The van der Waals surface area contributed by atoms with Crippen molar-refractivity contribution in [1.82, 2.24) is 9.24 Å². The first-order valence-corrected chi connectivity index (χ1v) is 9.55. The first-order valence-electron chi connectivity index (χ1n) is 8.39. The molecule has 2 aromatic rings. The number of fused-ring (bicyclic) bond motifs is 1. The molecule has 0 saturated heterocycles. The first kappa shape index (κ1) is 19.1. The fraction of sp³-hybridized carbons (Fsp3) is 0.500. The first-order chi connectivity index (χ1) is 11.5. The number of carbonyl (C=O) groups is 1. The lowest BCUT2D eigenvalue weighted by Crippen LogP contribution is -2.32. The Morgan fingerprint density at radius 3 is 2.54 bits per heavy atom. The quantitative estimate of drug-likeness (QED) is 0.418. The van der Waals surface area contributed by atoms with Crippen LogP contribution < -0.4 is 0 Å². The van der Waals surface area contributed by atoms with Crippen LogP contribution in [0.15, 0.2) is 30.5 Å². The lowest BCUT2D eigenvalue weighted by atomic mass is 10.2. The molecule has 2 rings (SSSR count). The second-order valence-corrected chi connectivity index (χ2v) is 7.65. The van der Waals surface area contributed by atoms with E-state index in [2.05, 4.69) is 32.3 Å². The van der Waals surface area contributed by atoms with Crippen LogP contribution in [0.4, 0.5) is 0 Å². The summed E-state index contributed by atoms with van der Waals surface area (Å²) in [5.74, 6) is 0. The van der Waals surface area contributed by atoms with Gasteiger partial charge in [-0.3, -0.25) is 4.79 Å². The lowest BCUT2D eigenvalue weighted by Gasteiger charge is -2.32. The van der Waals surface area contributed by atoms with Crippen LogP contribution in [0, 0.1) is 0 Å². The van der Waals surface area contributed by atoms with E-state index in [1.54, 1.807) is 0 Å². The summed E-state index contributed by atoms with van der Waals surface area (Å²) in [4.78, 5) is 21.5. The van der Waals surface area contributed by atoms with Gasteiger partial charge in [0.2, 0.25) is 0 Å². The largest absolute Gasteiger partial charge is 0.347 e. The molecule has 132 valence electrons. The maximum atomic E-state index is 11.2. The van der Waals surface area contributed by atoms with Crippen LogP contribution in [-0.4, -0.2) is 39.1 Å². The van der Waals surface area contributed by atoms with Crippen LogP contribution >= 0.6 is 8.53 Å². The predicted molar refractivity (Wildman–Crippen MR) is 99.1 cm³/mol. The second-order valence-electron chi connectivity index (χ2n) is 6.42. The van der Waals surface area contributed by atoms with E-state index < -0.39 is 8.53 Å². The summed E-state index contributed by atoms with van der Waals surface area (Å²) in [6.07, 6.45) is 3.56. The minimum atomic E-state index is -1.57. The third-order valence-electron chi connectivity index (χ3n) is 3.95. The van der Waals surface area contributed by atoms with Gasteiger partial charge in [-0.15, -0.1) is 0 Å². The summed E-state index contributed by atoms with van der Waals surface area (Å²) in [5.41, 5.74) is 1.76. The van der Waals surface area contributed by atoms with Gasteiger partial charge < -0.3 is 14.0 Å². The van der Waals surface area contributed by atoms with Crippen LogP contribution in [0.1, 0.15) is 44.5 Å². The van der Waals surface area contributed by atoms with Gasteiger partial charge in [0.15, 0.2) is 6.29 Å². The highest BCUT2D eigenvalue weighted by atomic mass is 31.2. The summed E-state index contributed by atoms with van der Waals surface area (Å²) >= 11 is 0. The van der Waals surface area contributed by atoms with E-state index >= 15 is 0 Å². The Labute approximate surface area is 145 Å². The zero-order valence-electron chi connectivity index (χ0n) is 14.8. The summed E-state index contributed by atoms with van der Waals surface area (Å²) < 4.78 is 9.72. The van der Waals surface area contributed by atoms with Gasteiger partial charge in [-0.05, 0) is 40.2 Å². The topological polar surface area (TPSA) is 54.7 Å². The fourth-order valence-electron chi connectivity index (χ4n) is 2.99. The van der Waals surface area contributed by atoms with Crippen molar-refractivity contribution in [2.75, 3.05) is 6.61 Å². The van der Waals surface area contributed by atoms with Crippen molar-refractivity contribution in [1.29, 1.82) is 0 Å². The van der Waals surface area contributed by atoms with Gasteiger partial charge in [0.25, 0.3) is 8.53 Å². The Morgan fingerprint density at radius 1 is 1.25 bits per heavy atom. The number of aromatic nitrogens is 1. The number of aldehydes is 1. The normalized spacial score (nSPS) is 13.3. The predicted octanol–water partition coefficient (Wildman–Crippen LogP) is 4.20. The Bertz CT molecular complexity index is 661. The van der Waals surface area contributed by atoms with Crippen molar-refractivity contribution in [2.45, 2.75) is 52.7 Å². The van der Waals surface area contributed by atoms with Crippen LogP contribution in [-0.2, 0) is 11.1 Å². The second kappa shape index (κ2) is 8.72. The zero-order chi connectivity index (χ0) is 17.7. The van der Waals surface area contributed by atoms with Crippen molar-refractivity contribution in [3.05, 3.63) is 36.0 Å². The molecule has 0 aliphatic rings. The molecule has 24 heavy (non-hydrogen) atoms. The van der Waals surface area contributed by atoms with E-state index in [4.69, 9.17) is 4.52 Å². The monoisotopic (exact) mass is 350 g/mol. The molecule has 0 aliphatic heterocycles. The highest BCUT2D eigenvalue weighted by molar-refractivity contribution is 7.43. The molecule has 1 aromatic carbocycles. The van der Waals surface area contributed by atoms with E-state index in [-0.39, 0.29) is 12.1 Å². The standard InChI is InChI=1S/C18H27N2O3P/c1-14(2)20(15(3)4)24(22)23-11-7-10-19-12-16(13-21)17-8-5-6-9-18(17)19/h5-6,8-9,12-15,22H,7,10-11H2,1-4H3. The number of aryl methyl sites for hydroxylation is 1. The molecule has 0 saturated carbocycles. The zero-order valence-corrected chi connectivity index (χ0v) is 15.7. The molecule has 0 aliphatic carbocycles. The Kier molecular flexibility index (Phi) is 6.93. The minimum Gasteiger partial charge on any atom is -0.347 e.